The molecule has 2 aliphatic heterocycles. The highest BCUT2D eigenvalue weighted by atomic mass is 32.1. The van der Waals surface area contributed by atoms with Crippen LogP contribution in [0.25, 0.3) is 0 Å². The minimum atomic E-state index is -0.309. The van der Waals surface area contributed by atoms with Gasteiger partial charge in [-0.3, -0.25) is 14.5 Å². The average Bonchev–Trinajstić information content (AvgIpc) is 3.51. The van der Waals surface area contributed by atoms with E-state index < -0.39 is 0 Å². The third kappa shape index (κ3) is 4.04. The van der Waals surface area contributed by atoms with Gasteiger partial charge in [0, 0.05) is 31.6 Å². The molecule has 1 aromatic heterocycles. The zero-order chi connectivity index (χ0) is 21.1. The average molecular weight is 432 g/mol. The second kappa shape index (κ2) is 8.86. The lowest BCUT2D eigenvalue weighted by atomic mass is 10.1. The van der Waals surface area contributed by atoms with Crippen LogP contribution in [0.3, 0.4) is 0 Å². The fourth-order valence-electron chi connectivity index (χ4n) is 3.87. The van der Waals surface area contributed by atoms with Crippen molar-refractivity contribution in [3.05, 3.63) is 23.8 Å². The number of nitrogens with zero attached hydrogens (tertiary/aromatic N) is 4. The molecule has 2 aromatic rings. The largest absolute Gasteiger partial charge is 0.497 e. The van der Waals surface area contributed by atoms with Crippen molar-refractivity contribution in [2.75, 3.05) is 37.1 Å². The summed E-state index contributed by atoms with van der Waals surface area (Å²) in [4.78, 5) is 28.6. The van der Waals surface area contributed by atoms with Gasteiger partial charge in [0.15, 0.2) is 0 Å². The summed E-state index contributed by atoms with van der Waals surface area (Å²) in [7, 11) is 3.20. The van der Waals surface area contributed by atoms with Crippen LogP contribution in [0.5, 0.6) is 11.5 Å². The Balaban J connectivity index is 1.43. The molecule has 2 aliphatic rings. The van der Waals surface area contributed by atoms with Gasteiger partial charge in [-0.15, -0.1) is 10.2 Å². The Morgan fingerprint density at radius 1 is 1.20 bits per heavy atom. The molecule has 0 aliphatic carbocycles. The standard InChI is InChI=1S/C20H25N5O4S/c1-28-14-7-8-16(29-2)13(11-14)12-21-18(27)15-5-3-9-24(15)19-22-23-20(30-19)25-10-4-6-17(25)26/h7-8,11,15H,3-6,9-10,12H2,1-2H3,(H,21,27). The number of carbonyl (C=O) groups excluding carboxylic acids is 2. The molecule has 3 heterocycles. The van der Waals surface area contributed by atoms with E-state index in [1.165, 1.54) is 11.3 Å². The molecule has 2 fully saturated rings. The van der Waals surface area contributed by atoms with Gasteiger partial charge in [0.2, 0.25) is 22.1 Å². The number of anilines is 2. The van der Waals surface area contributed by atoms with Crippen molar-refractivity contribution in [3.8, 4) is 11.5 Å². The van der Waals surface area contributed by atoms with E-state index in [9.17, 15) is 9.59 Å². The second-order valence-corrected chi connectivity index (χ2v) is 8.20. The van der Waals surface area contributed by atoms with E-state index in [1.54, 1.807) is 19.1 Å². The van der Waals surface area contributed by atoms with E-state index in [-0.39, 0.29) is 17.9 Å². The maximum absolute atomic E-state index is 12.9. The van der Waals surface area contributed by atoms with Gasteiger partial charge in [0.05, 0.1) is 14.2 Å². The van der Waals surface area contributed by atoms with E-state index in [0.717, 1.165) is 31.4 Å². The van der Waals surface area contributed by atoms with E-state index in [0.29, 0.717) is 41.3 Å². The number of hydrogen-bond acceptors (Lipinski definition) is 8. The number of aromatic nitrogens is 2. The highest BCUT2D eigenvalue weighted by molar-refractivity contribution is 7.19. The lowest BCUT2D eigenvalue weighted by molar-refractivity contribution is -0.122. The Kier molecular flexibility index (Phi) is 6.03. The molecule has 0 radical (unpaired) electrons. The minimum absolute atomic E-state index is 0.0635. The first-order valence-corrected chi connectivity index (χ1v) is 10.8. The van der Waals surface area contributed by atoms with Crippen molar-refractivity contribution in [2.24, 2.45) is 0 Å². The van der Waals surface area contributed by atoms with Crippen LogP contribution >= 0.6 is 11.3 Å². The predicted molar refractivity (Wildman–Crippen MR) is 113 cm³/mol. The maximum Gasteiger partial charge on any atom is 0.243 e. The zero-order valence-corrected chi connectivity index (χ0v) is 17.9. The Hall–Kier alpha value is -2.88. The van der Waals surface area contributed by atoms with E-state index in [4.69, 9.17) is 9.47 Å². The van der Waals surface area contributed by atoms with Crippen LogP contribution in [0.4, 0.5) is 10.3 Å². The molecule has 10 heteroatoms. The summed E-state index contributed by atoms with van der Waals surface area (Å²) in [5.74, 6) is 1.43. The molecule has 1 N–H and O–H groups in total. The van der Waals surface area contributed by atoms with Crippen molar-refractivity contribution in [1.29, 1.82) is 0 Å². The van der Waals surface area contributed by atoms with Gasteiger partial charge in [-0.2, -0.15) is 0 Å². The van der Waals surface area contributed by atoms with Crippen LogP contribution in [0.1, 0.15) is 31.2 Å². The summed E-state index contributed by atoms with van der Waals surface area (Å²) in [6, 6.07) is 5.19. The van der Waals surface area contributed by atoms with Crippen molar-refractivity contribution in [2.45, 2.75) is 38.3 Å². The summed E-state index contributed by atoms with van der Waals surface area (Å²) >= 11 is 1.37. The van der Waals surface area contributed by atoms with Gasteiger partial charge >= 0.3 is 0 Å². The number of benzene rings is 1. The van der Waals surface area contributed by atoms with Gasteiger partial charge in [-0.05, 0) is 37.5 Å². The number of hydrogen-bond donors (Lipinski definition) is 1. The molecular weight excluding hydrogens is 406 g/mol. The maximum atomic E-state index is 12.9. The normalized spacial score (nSPS) is 18.7. The molecule has 0 saturated carbocycles. The molecule has 30 heavy (non-hydrogen) atoms. The van der Waals surface area contributed by atoms with Crippen molar-refractivity contribution < 1.29 is 19.1 Å². The summed E-state index contributed by atoms with van der Waals surface area (Å²) in [6.45, 7) is 1.76. The molecule has 2 saturated heterocycles. The van der Waals surface area contributed by atoms with E-state index >= 15 is 0 Å². The van der Waals surface area contributed by atoms with Crippen molar-refractivity contribution in [1.82, 2.24) is 15.5 Å². The molecule has 2 amide bonds. The molecule has 4 rings (SSSR count). The Morgan fingerprint density at radius 2 is 2.03 bits per heavy atom. The Labute approximate surface area is 179 Å². The Morgan fingerprint density at radius 3 is 2.77 bits per heavy atom. The fraction of sp³-hybridized carbons (Fsp3) is 0.500. The lowest BCUT2D eigenvalue weighted by Crippen LogP contribution is -2.43. The van der Waals surface area contributed by atoms with E-state index in [1.807, 2.05) is 23.1 Å². The molecule has 160 valence electrons. The van der Waals surface area contributed by atoms with Crippen LogP contribution in [0, 0.1) is 0 Å². The molecular formula is C20H25N5O4S. The molecule has 1 atom stereocenters. The minimum Gasteiger partial charge on any atom is -0.497 e. The molecule has 0 spiro atoms. The van der Waals surface area contributed by atoms with Crippen LogP contribution < -0.4 is 24.6 Å². The topological polar surface area (TPSA) is 96.9 Å². The number of methoxy groups -OCH3 is 2. The number of nitrogens with one attached hydrogen (secondary N) is 1. The molecule has 1 aromatic carbocycles. The van der Waals surface area contributed by atoms with Gasteiger partial charge < -0.3 is 19.7 Å². The van der Waals surface area contributed by atoms with Crippen LogP contribution in [-0.4, -0.2) is 55.4 Å². The Bertz CT molecular complexity index is 934. The highest BCUT2D eigenvalue weighted by Gasteiger charge is 2.34. The number of amides is 2. The SMILES string of the molecule is COc1ccc(OC)c(CNC(=O)C2CCCN2c2nnc(N3CCCC3=O)s2)c1. The third-order valence-electron chi connectivity index (χ3n) is 5.45. The number of carbonyl (C=O) groups is 2. The van der Waals surface area contributed by atoms with Crippen LogP contribution in [0.15, 0.2) is 18.2 Å². The first kappa shape index (κ1) is 20.4. The third-order valence-corrected chi connectivity index (χ3v) is 6.43. The van der Waals surface area contributed by atoms with Gasteiger partial charge in [0.25, 0.3) is 0 Å². The van der Waals surface area contributed by atoms with Crippen molar-refractivity contribution >= 4 is 33.4 Å². The fourth-order valence-corrected chi connectivity index (χ4v) is 4.84. The predicted octanol–water partition coefficient (Wildman–Crippen LogP) is 1.97. The summed E-state index contributed by atoms with van der Waals surface area (Å²) in [5.41, 5.74) is 0.848. The first-order chi connectivity index (χ1) is 14.6. The summed E-state index contributed by atoms with van der Waals surface area (Å²) in [5, 5.41) is 12.8. The second-order valence-electron chi connectivity index (χ2n) is 7.26. The zero-order valence-electron chi connectivity index (χ0n) is 17.1. The smallest absolute Gasteiger partial charge is 0.243 e. The number of rotatable bonds is 7. The quantitative estimate of drug-likeness (QED) is 0.716. The van der Waals surface area contributed by atoms with Crippen LogP contribution in [0.2, 0.25) is 0 Å². The van der Waals surface area contributed by atoms with Gasteiger partial charge in [-0.1, -0.05) is 11.3 Å². The molecule has 9 nitrogen and oxygen atoms in total. The molecule has 0 bridgehead atoms. The summed E-state index contributed by atoms with van der Waals surface area (Å²) < 4.78 is 10.7. The lowest BCUT2D eigenvalue weighted by Gasteiger charge is -2.23. The first-order valence-electron chi connectivity index (χ1n) is 10.00. The van der Waals surface area contributed by atoms with Crippen LogP contribution in [-0.2, 0) is 16.1 Å². The summed E-state index contributed by atoms with van der Waals surface area (Å²) in [6.07, 6.45) is 3.05. The monoisotopic (exact) mass is 431 g/mol. The van der Waals surface area contributed by atoms with Crippen molar-refractivity contribution in [3.63, 3.8) is 0 Å². The molecule has 1 unspecified atom stereocenters. The van der Waals surface area contributed by atoms with Gasteiger partial charge in [-0.25, -0.2) is 0 Å². The van der Waals surface area contributed by atoms with E-state index in [2.05, 4.69) is 15.5 Å². The highest BCUT2D eigenvalue weighted by Crippen LogP contribution is 2.34. The van der Waals surface area contributed by atoms with Gasteiger partial charge in [0.1, 0.15) is 17.5 Å². The number of ether oxygens (including phenoxy) is 2.